The number of ether oxygens (including phenoxy) is 5. The lowest BCUT2D eigenvalue weighted by Crippen LogP contribution is -2.38. The van der Waals surface area contributed by atoms with E-state index < -0.39 is 48.0 Å². The number of aryl methyl sites for hydroxylation is 1. The summed E-state index contributed by atoms with van der Waals surface area (Å²) in [4.78, 5) is 47.0. The molecule has 4 aromatic rings. The van der Waals surface area contributed by atoms with Gasteiger partial charge in [0.25, 0.3) is 0 Å². The minimum Gasteiger partial charge on any atom is -0.476 e. The third kappa shape index (κ3) is 7.81. The van der Waals surface area contributed by atoms with Crippen molar-refractivity contribution >= 4 is 17.9 Å². The van der Waals surface area contributed by atoms with Gasteiger partial charge in [0.05, 0.1) is 31.1 Å². The van der Waals surface area contributed by atoms with Gasteiger partial charge in [0, 0.05) is 0 Å². The van der Waals surface area contributed by atoms with E-state index in [2.05, 4.69) is 9.97 Å². The van der Waals surface area contributed by atoms with Crippen LogP contribution in [0.2, 0.25) is 0 Å². The minimum atomic E-state index is -1.43. The molecule has 11 heteroatoms. The average Bonchev–Trinajstić information content (AvgIpc) is 3.43. The number of aromatic carboxylic acids is 1. The normalized spacial score (nSPS) is 19.0. The molecule has 3 aromatic carbocycles. The summed E-state index contributed by atoms with van der Waals surface area (Å²) < 4.78 is 30.3. The Morgan fingerprint density at radius 1 is 0.761 bits per heavy atom. The third-order valence-corrected chi connectivity index (χ3v) is 7.27. The van der Waals surface area contributed by atoms with Crippen LogP contribution in [-0.4, -0.2) is 64.5 Å². The zero-order chi connectivity index (χ0) is 32.5. The molecule has 0 amide bonds. The maximum Gasteiger partial charge on any atom is 0.355 e. The van der Waals surface area contributed by atoms with E-state index in [1.54, 1.807) is 37.3 Å². The molecule has 1 aliphatic heterocycles. The van der Waals surface area contributed by atoms with Gasteiger partial charge in [-0.15, -0.1) is 0 Å². The van der Waals surface area contributed by atoms with Gasteiger partial charge in [-0.3, -0.25) is 0 Å². The smallest absolute Gasteiger partial charge is 0.355 e. The van der Waals surface area contributed by atoms with E-state index in [1.807, 2.05) is 60.7 Å². The topological polar surface area (TPSA) is 143 Å². The number of hydrogen-bond donors (Lipinski definition) is 1. The molecule has 0 unspecified atom stereocenters. The average molecular weight is 627 g/mol. The zero-order valence-electron chi connectivity index (χ0n) is 25.4. The summed E-state index contributed by atoms with van der Waals surface area (Å²) in [5.74, 6) is -2.80. The summed E-state index contributed by atoms with van der Waals surface area (Å²) in [5, 5.41) is 10.0. The van der Waals surface area contributed by atoms with Crippen LogP contribution in [0.25, 0.3) is 0 Å². The van der Waals surface area contributed by atoms with Gasteiger partial charge in [-0.05, 0) is 37.1 Å². The lowest BCUT2D eigenvalue weighted by molar-refractivity contribution is -0.0849. The number of esters is 2. The molecule has 1 N–H and O–H groups in total. The van der Waals surface area contributed by atoms with Gasteiger partial charge < -0.3 is 28.8 Å². The quantitative estimate of drug-likeness (QED) is 0.197. The zero-order valence-corrected chi connectivity index (χ0v) is 25.4. The summed E-state index contributed by atoms with van der Waals surface area (Å²) in [6, 6.07) is 27.4. The van der Waals surface area contributed by atoms with Gasteiger partial charge in [0.1, 0.15) is 42.4 Å². The number of carboxylic acids is 1. The maximum absolute atomic E-state index is 13.2. The summed E-state index contributed by atoms with van der Waals surface area (Å²) in [5.41, 5.74) is 1.21. The number of aromatic nitrogens is 2. The molecule has 0 aliphatic carbocycles. The predicted molar refractivity (Wildman–Crippen MR) is 164 cm³/mol. The first kappa shape index (κ1) is 32.4. The second kappa shape index (κ2) is 15.3. The Kier molecular flexibility index (Phi) is 10.8. The van der Waals surface area contributed by atoms with Crippen LogP contribution in [0.15, 0.2) is 91.0 Å². The molecular formula is C35H34N2O9. The summed E-state index contributed by atoms with van der Waals surface area (Å²) in [7, 11) is 0. The van der Waals surface area contributed by atoms with Crippen molar-refractivity contribution < 1.29 is 43.2 Å². The van der Waals surface area contributed by atoms with Crippen LogP contribution in [0.4, 0.5) is 0 Å². The summed E-state index contributed by atoms with van der Waals surface area (Å²) >= 11 is 0. The van der Waals surface area contributed by atoms with Gasteiger partial charge in [-0.25, -0.2) is 24.4 Å². The SMILES string of the molecule is CCOC(=O)c1c(C(=O)O)nc(C)nc1[C@@H]1O[C@H](COC(=O)c2ccccc2)[C@@H](OCc2ccccc2)[C@H]1OCc1ccccc1. The molecule has 0 bridgehead atoms. The third-order valence-electron chi connectivity index (χ3n) is 7.27. The number of benzene rings is 3. The van der Waals surface area contributed by atoms with Gasteiger partial charge in [0.15, 0.2) is 5.69 Å². The summed E-state index contributed by atoms with van der Waals surface area (Å²) in [6.45, 7) is 3.20. The molecule has 1 aromatic heterocycles. The number of carbonyl (C=O) groups is 3. The molecule has 46 heavy (non-hydrogen) atoms. The highest BCUT2D eigenvalue weighted by Crippen LogP contribution is 2.40. The van der Waals surface area contributed by atoms with Crippen LogP contribution in [0.3, 0.4) is 0 Å². The first-order chi connectivity index (χ1) is 22.4. The molecule has 1 aliphatic rings. The van der Waals surface area contributed by atoms with E-state index in [4.69, 9.17) is 23.7 Å². The van der Waals surface area contributed by atoms with E-state index in [1.165, 1.54) is 6.92 Å². The second-order valence-electron chi connectivity index (χ2n) is 10.5. The number of carboxylic acid groups (broad SMARTS) is 1. The van der Waals surface area contributed by atoms with Gasteiger partial charge in [0.2, 0.25) is 0 Å². The molecule has 0 spiro atoms. The summed E-state index contributed by atoms with van der Waals surface area (Å²) in [6.07, 6.45) is -3.77. The fraction of sp³-hybridized carbons (Fsp3) is 0.286. The minimum absolute atomic E-state index is 0.00839. The monoisotopic (exact) mass is 626 g/mol. The Balaban J connectivity index is 1.55. The van der Waals surface area contributed by atoms with Crippen LogP contribution in [0.5, 0.6) is 0 Å². The van der Waals surface area contributed by atoms with Crippen LogP contribution in [0.1, 0.15) is 66.9 Å². The lowest BCUT2D eigenvalue weighted by Gasteiger charge is -2.26. The lowest BCUT2D eigenvalue weighted by atomic mass is 9.99. The number of rotatable bonds is 13. The highest BCUT2D eigenvalue weighted by atomic mass is 16.6. The fourth-order valence-electron chi connectivity index (χ4n) is 5.17. The molecule has 4 atom stereocenters. The van der Waals surface area contributed by atoms with E-state index >= 15 is 0 Å². The van der Waals surface area contributed by atoms with Crippen molar-refractivity contribution in [2.24, 2.45) is 0 Å². The molecule has 11 nitrogen and oxygen atoms in total. The fourth-order valence-corrected chi connectivity index (χ4v) is 5.17. The Hall–Kier alpha value is -4.97. The van der Waals surface area contributed by atoms with Crippen molar-refractivity contribution in [1.82, 2.24) is 9.97 Å². The molecule has 0 radical (unpaired) electrons. The van der Waals surface area contributed by atoms with Crippen LogP contribution < -0.4 is 0 Å². The molecule has 1 saturated heterocycles. The molecule has 0 saturated carbocycles. The van der Waals surface area contributed by atoms with E-state index in [9.17, 15) is 19.5 Å². The molecule has 5 rings (SSSR count). The van der Waals surface area contributed by atoms with Crippen LogP contribution >= 0.6 is 0 Å². The Bertz CT molecular complexity index is 1630. The number of nitrogens with zero attached hydrogens (tertiary/aromatic N) is 2. The molecule has 2 heterocycles. The predicted octanol–water partition coefficient (Wildman–Crippen LogP) is 5.13. The van der Waals surface area contributed by atoms with Gasteiger partial charge in [-0.1, -0.05) is 78.9 Å². The second-order valence-corrected chi connectivity index (χ2v) is 10.5. The maximum atomic E-state index is 13.2. The number of carbonyl (C=O) groups excluding carboxylic acids is 2. The standard InChI is InChI=1S/C35H34N2O9/c1-3-42-35(41)27-28(36-22(2)37-29(27)33(38)39)31-32(44-20-24-15-9-5-10-16-24)30(43-19-23-13-7-4-8-14-23)26(46-31)21-45-34(40)25-17-11-6-12-18-25/h4-18,26,30-32H,3,19-21H2,1-2H3,(H,38,39)/t26-,30-,31+,32-/m1/s1. The van der Waals surface area contributed by atoms with Crippen LogP contribution in [0, 0.1) is 6.92 Å². The van der Waals surface area contributed by atoms with Crippen LogP contribution in [-0.2, 0) is 36.9 Å². The largest absolute Gasteiger partial charge is 0.476 e. The Morgan fingerprint density at radius 2 is 1.33 bits per heavy atom. The Morgan fingerprint density at radius 3 is 1.89 bits per heavy atom. The van der Waals surface area contributed by atoms with Crippen molar-refractivity contribution in [3.63, 3.8) is 0 Å². The Labute approximate surface area is 266 Å². The first-order valence-corrected chi connectivity index (χ1v) is 14.8. The molecule has 238 valence electrons. The number of hydrogen-bond acceptors (Lipinski definition) is 10. The molecular weight excluding hydrogens is 592 g/mol. The van der Waals surface area contributed by atoms with Crippen molar-refractivity contribution in [2.75, 3.05) is 13.2 Å². The van der Waals surface area contributed by atoms with Crippen molar-refractivity contribution in [3.8, 4) is 0 Å². The van der Waals surface area contributed by atoms with Gasteiger partial charge in [-0.2, -0.15) is 0 Å². The highest BCUT2D eigenvalue weighted by Gasteiger charge is 2.50. The van der Waals surface area contributed by atoms with Gasteiger partial charge >= 0.3 is 17.9 Å². The van der Waals surface area contributed by atoms with Crippen molar-refractivity contribution in [1.29, 1.82) is 0 Å². The van der Waals surface area contributed by atoms with E-state index in [0.29, 0.717) is 5.56 Å². The van der Waals surface area contributed by atoms with E-state index in [0.717, 1.165) is 11.1 Å². The van der Waals surface area contributed by atoms with Crippen molar-refractivity contribution in [2.45, 2.75) is 51.5 Å². The highest BCUT2D eigenvalue weighted by molar-refractivity contribution is 6.02. The van der Waals surface area contributed by atoms with E-state index in [-0.39, 0.29) is 43.5 Å². The first-order valence-electron chi connectivity index (χ1n) is 14.8. The van der Waals surface area contributed by atoms with Crippen molar-refractivity contribution in [3.05, 3.63) is 130 Å². The molecule has 1 fully saturated rings.